The Labute approximate surface area is 151 Å². The van der Waals surface area contributed by atoms with Gasteiger partial charge in [0.15, 0.2) is 0 Å². The molecule has 2 saturated carbocycles. The normalized spacial score (nSPS) is 39.8. The molecule has 0 aromatic rings. The fraction of sp³-hybridized carbons (Fsp3) is 1.00. The van der Waals surface area contributed by atoms with E-state index < -0.39 is 10.0 Å². The van der Waals surface area contributed by atoms with E-state index in [-0.39, 0.29) is 10.8 Å². The van der Waals surface area contributed by atoms with E-state index in [1.165, 1.54) is 6.42 Å². The molecule has 4 aliphatic rings. The van der Waals surface area contributed by atoms with E-state index in [2.05, 4.69) is 18.7 Å². The van der Waals surface area contributed by atoms with Gasteiger partial charge in [0.25, 0.3) is 0 Å². The molecule has 2 heterocycles. The Balaban J connectivity index is 1.62. The molecular formula is C18H32N2O4S. The van der Waals surface area contributed by atoms with Crippen molar-refractivity contribution in [3.05, 3.63) is 0 Å². The van der Waals surface area contributed by atoms with Gasteiger partial charge in [0.05, 0.1) is 32.2 Å². The van der Waals surface area contributed by atoms with Gasteiger partial charge in [-0.25, -0.2) is 8.42 Å². The fourth-order valence-electron chi connectivity index (χ4n) is 6.01. The average molecular weight is 373 g/mol. The SMILES string of the molecule is CC1(C)C2CCC1(CS(=O)(=O)N1CCOCC1)C(N1CCOCC1)C2. The molecule has 4 fully saturated rings. The molecule has 2 bridgehead atoms. The average Bonchev–Trinajstić information content (AvgIpc) is 2.97. The van der Waals surface area contributed by atoms with Crippen LogP contribution >= 0.6 is 0 Å². The minimum Gasteiger partial charge on any atom is -0.379 e. The highest BCUT2D eigenvalue weighted by atomic mass is 32.2. The quantitative estimate of drug-likeness (QED) is 0.742. The lowest BCUT2D eigenvalue weighted by Crippen LogP contribution is -2.56. The molecule has 3 unspecified atom stereocenters. The Morgan fingerprint density at radius 1 is 1.00 bits per heavy atom. The van der Waals surface area contributed by atoms with Gasteiger partial charge in [-0.3, -0.25) is 4.90 Å². The summed E-state index contributed by atoms with van der Waals surface area (Å²) in [4.78, 5) is 2.53. The molecule has 0 aromatic carbocycles. The predicted molar refractivity (Wildman–Crippen MR) is 95.9 cm³/mol. The topological polar surface area (TPSA) is 59.1 Å². The van der Waals surface area contributed by atoms with Gasteiger partial charge in [0, 0.05) is 37.6 Å². The van der Waals surface area contributed by atoms with Gasteiger partial charge in [-0.2, -0.15) is 4.31 Å². The van der Waals surface area contributed by atoms with Crippen molar-refractivity contribution in [1.82, 2.24) is 9.21 Å². The summed E-state index contributed by atoms with van der Waals surface area (Å²) in [7, 11) is -3.26. The molecule has 0 aromatic heterocycles. The molecular weight excluding hydrogens is 340 g/mol. The van der Waals surface area contributed by atoms with Crippen molar-refractivity contribution in [2.24, 2.45) is 16.7 Å². The second-order valence-electron chi connectivity index (χ2n) is 8.78. The number of ether oxygens (including phenoxy) is 2. The maximum Gasteiger partial charge on any atom is 0.214 e. The van der Waals surface area contributed by atoms with E-state index in [1.54, 1.807) is 4.31 Å². The first-order valence-electron chi connectivity index (χ1n) is 9.74. The zero-order chi connectivity index (χ0) is 17.7. The van der Waals surface area contributed by atoms with Gasteiger partial charge < -0.3 is 9.47 Å². The van der Waals surface area contributed by atoms with Crippen molar-refractivity contribution < 1.29 is 17.9 Å². The van der Waals surface area contributed by atoms with Crippen LogP contribution in [0.15, 0.2) is 0 Å². The van der Waals surface area contributed by atoms with Crippen LogP contribution in [0.5, 0.6) is 0 Å². The Hall–Kier alpha value is -0.210. The van der Waals surface area contributed by atoms with Gasteiger partial charge in [0.2, 0.25) is 10.0 Å². The van der Waals surface area contributed by atoms with E-state index in [0.29, 0.717) is 44.0 Å². The zero-order valence-electron chi connectivity index (χ0n) is 15.6. The highest BCUT2D eigenvalue weighted by Crippen LogP contribution is 2.67. The highest BCUT2D eigenvalue weighted by molar-refractivity contribution is 7.89. The van der Waals surface area contributed by atoms with Crippen LogP contribution in [0.1, 0.15) is 33.1 Å². The molecule has 6 nitrogen and oxygen atoms in total. The van der Waals surface area contributed by atoms with E-state index >= 15 is 0 Å². The van der Waals surface area contributed by atoms with Crippen LogP contribution in [0.4, 0.5) is 0 Å². The summed E-state index contributed by atoms with van der Waals surface area (Å²) in [6.45, 7) is 10.1. The number of nitrogens with zero attached hydrogens (tertiary/aromatic N) is 2. The second kappa shape index (κ2) is 6.44. The van der Waals surface area contributed by atoms with Crippen LogP contribution in [0.2, 0.25) is 0 Å². The molecule has 2 aliphatic carbocycles. The maximum absolute atomic E-state index is 13.3. The van der Waals surface area contributed by atoms with Crippen LogP contribution in [-0.2, 0) is 19.5 Å². The van der Waals surface area contributed by atoms with Crippen LogP contribution in [-0.4, -0.2) is 82.0 Å². The Morgan fingerprint density at radius 3 is 2.20 bits per heavy atom. The minimum absolute atomic E-state index is 0.0787. The lowest BCUT2D eigenvalue weighted by Gasteiger charge is -2.48. The minimum atomic E-state index is -3.26. The number of hydrogen-bond donors (Lipinski definition) is 0. The molecule has 0 amide bonds. The number of hydrogen-bond acceptors (Lipinski definition) is 5. The van der Waals surface area contributed by atoms with E-state index in [9.17, 15) is 8.42 Å². The predicted octanol–water partition coefficient (Wildman–Crippen LogP) is 1.18. The molecule has 7 heteroatoms. The van der Waals surface area contributed by atoms with Gasteiger partial charge >= 0.3 is 0 Å². The zero-order valence-corrected chi connectivity index (χ0v) is 16.4. The number of rotatable bonds is 4. The van der Waals surface area contributed by atoms with Crippen molar-refractivity contribution in [1.29, 1.82) is 0 Å². The van der Waals surface area contributed by atoms with Crippen LogP contribution in [0.3, 0.4) is 0 Å². The third-order valence-corrected chi connectivity index (χ3v) is 9.71. The first-order chi connectivity index (χ1) is 11.9. The Morgan fingerprint density at radius 2 is 1.60 bits per heavy atom. The van der Waals surface area contributed by atoms with Crippen molar-refractivity contribution in [3.8, 4) is 0 Å². The smallest absolute Gasteiger partial charge is 0.214 e. The summed E-state index contributed by atoms with van der Waals surface area (Å²) in [6.07, 6.45) is 3.36. The van der Waals surface area contributed by atoms with Crippen molar-refractivity contribution in [3.63, 3.8) is 0 Å². The second-order valence-corrected chi connectivity index (χ2v) is 10.7. The van der Waals surface area contributed by atoms with Crippen molar-refractivity contribution in [2.45, 2.75) is 39.2 Å². The van der Waals surface area contributed by atoms with Crippen molar-refractivity contribution in [2.75, 3.05) is 58.4 Å². The molecule has 0 spiro atoms. The summed E-state index contributed by atoms with van der Waals surface area (Å²) < 4.78 is 39.1. The first-order valence-corrected chi connectivity index (χ1v) is 11.4. The first kappa shape index (κ1) is 18.2. The van der Waals surface area contributed by atoms with Crippen LogP contribution in [0.25, 0.3) is 0 Å². The van der Waals surface area contributed by atoms with Crippen LogP contribution in [0, 0.1) is 16.7 Å². The van der Waals surface area contributed by atoms with E-state index in [0.717, 1.165) is 39.1 Å². The van der Waals surface area contributed by atoms with Gasteiger partial charge in [-0.05, 0) is 30.6 Å². The molecule has 0 N–H and O–H groups in total. The fourth-order valence-corrected chi connectivity index (χ4v) is 8.26. The van der Waals surface area contributed by atoms with Gasteiger partial charge in [-0.1, -0.05) is 13.8 Å². The lowest BCUT2D eigenvalue weighted by atomic mass is 9.68. The summed E-state index contributed by atoms with van der Waals surface area (Å²) in [5.41, 5.74) is -0.0541. The Kier molecular flexibility index (Phi) is 4.68. The Bertz CT molecular complexity index is 596. The number of fused-ring (bicyclic) bond motifs is 2. The van der Waals surface area contributed by atoms with E-state index in [1.807, 2.05) is 0 Å². The molecule has 2 saturated heterocycles. The summed E-state index contributed by atoms with van der Waals surface area (Å²) in [6, 6.07) is 0.376. The van der Waals surface area contributed by atoms with Crippen molar-refractivity contribution >= 4 is 10.0 Å². The number of sulfonamides is 1. The summed E-state index contributed by atoms with van der Waals surface area (Å²) in [5.74, 6) is 0.936. The molecule has 2 aliphatic heterocycles. The third-order valence-electron chi connectivity index (χ3n) is 7.68. The molecule has 25 heavy (non-hydrogen) atoms. The summed E-state index contributed by atoms with van der Waals surface area (Å²) in [5, 5.41) is 0. The monoisotopic (exact) mass is 372 g/mol. The third kappa shape index (κ3) is 2.87. The van der Waals surface area contributed by atoms with Gasteiger partial charge in [0.1, 0.15) is 0 Å². The maximum atomic E-state index is 13.3. The molecule has 0 radical (unpaired) electrons. The van der Waals surface area contributed by atoms with Crippen LogP contribution < -0.4 is 0 Å². The van der Waals surface area contributed by atoms with Gasteiger partial charge in [-0.15, -0.1) is 0 Å². The summed E-state index contributed by atoms with van der Waals surface area (Å²) >= 11 is 0. The molecule has 3 atom stereocenters. The lowest BCUT2D eigenvalue weighted by molar-refractivity contribution is -0.0261. The highest BCUT2D eigenvalue weighted by Gasteiger charge is 2.66. The molecule has 4 rings (SSSR count). The van der Waals surface area contributed by atoms with E-state index in [4.69, 9.17) is 9.47 Å². The number of morpholine rings is 2. The molecule has 144 valence electrons. The largest absolute Gasteiger partial charge is 0.379 e. The standard InChI is InChI=1S/C18H32N2O4S/c1-17(2)15-3-4-18(17,16(13-15)19-5-9-23-10-6-19)14-25(21,22)20-7-11-24-12-8-20/h15-16H,3-14H2,1-2H3.